The number of benzene rings is 5. The summed E-state index contributed by atoms with van der Waals surface area (Å²) >= 11 is 0. The third-order valence-corrected chi connectivity index (χ3v) is 6.58. The number of allylic oxidation sites excluding steroid dienone is 1. The van der Waals surface area contributed by atoms with Crippen LogP contribution in [0.25, 0.3) is 23.3 Å². The predicted octanol–water partition coefficient (Wildman–Crippen LogP) is 7.80. The molecular formula is C37H27FN2O3. The Labute approximate surface area is 249 Å². The van der Waals surface area contributed by atoms with E-state index < -0.39 is 11.8 Å². The van der Waals surface area contributed by atoms with Gasteiger partial charge >= 0.3 is 0 Å². The summed E-state index contributed by atoms with van der Waals surface area (Å²) < 4.78 is 13.1. The molecule has 5 rings (SSSR count). The molecule has 5 aromatic carbocycles. The van der Waals surface area contributed by atoms with Gasteiger partial charge in [-0.05, 0) is 82.9 Å². The van der Waals surface area contributed by atoms with Crippen molar-refractivity contribution in [2.24, 2.45) is 0 Å². The molecule has 2 N–H and O–H groups in total. The number of hydrogen-bond acceptors (Lipinski definition) is 3. The standard InChI is InChI=1S/C37H27FN2O3/c38-32-20-13-26(14-21-32)15-24-35(41)30-18-22-33(23-19-30)39-37(43)34(40-36(42)31-9-5-2-6-10-31)25-27-11-16-29(17-12-27)28-7-3-1-4-8-28/h1-25H,(H,39,43)(H,40,42)/b24-15+,34-25-. The van der Waals surface area contributed by atoms with Crippen LogP contribution in [0, 0.1) is 5.82 Å². The first-order valence-corrected chi connectivity index (χ1v) is 13.6. The smallest absolute Gasteiger partial charge is 0.272 e. The van der Waals surface area contributed by atoms with Crippen molar-refractivity contribution in [1.29, 1.82) is 0 Å². The molecule has 0 aliphatic rings. The summed E-state index contributed by atoms with van der Waals surface area (Å²) in [6.45, 7) is 0. The van der Waals surface area contributed by atoms with Crippen LogP contribution < -0.4 is 10.6 Å². The highest BCUT2D eigenvalue weighted by atomic mass is 19.1. The molecule has 0 atom stereocenters. The Kier molecular flexibility index (Phi) is 9.10. The fourth-order valence-corrected chi connectivity index (χ4v) is 4.27. The maximum Gasteiger partial charge on any atom is 0.272 e. The lowest BCUT2D eigenvalue weighted by Crippen LogP contribution is -2.30. The number of nitrogens with one attached hydrogen (secondary N) is 2. The van der Waals surface area contributed by atoms with E-state index in [9.17, 15) is 18.8 Å². The minimum Gasteiger partial charge on any atom is -0.321 e. The Morgan fingerprint density at radius 3 is 1.81 bits per heavy atom. The molecule has 0 radical (unpaired) electrons. The summed E-state index contributed by atoms with van der Waals surface area (Å²) in [7, 11) is 0. The van der Waals surface area contributed by atoms with Crippen LogP contribution in [-0.4, -0.2) is 17.6 Å². The molecule has 0 fully saturated rings. The van der Waals surface area contributed by atoms with Crippen molar-refractivity contribution in [3.8, 4) is 11.1 Å². The summed E-state index contributed by atoms with van der Waals surface area (Å²) in [5, 5.41) is 5.54. The van der Waals surface area contributed by atoms with E-state index >= 15 is 0 Å². The zero-order valence-corrected chi connectivity index (χ0v) is 23.0. The highest BCUT2D eigenvalue weighted by molar-refractivity contribution is 6.11. The van der Waals surface area contributed by atoms with Gasteiger partial charge in [-0.1, -0.05) is 91.0 Å². The quantitative estimate of drug-likeness (QED) is 0.141. The van der Waals surface area contributed by atoms with Crippen molar-refractivity contribution < 1.29 is 18.8 Å². The Balaban J connectivity index is 1.32. The molecule has 5 nitrogen and oxygen atoms in total. The van der Waals surface area contributed by atoms with E-state index in [2.05, 4.69) is 10.6 Å². The molecule has 0 unspecified atom stereocenters. The molecule has 0 saturated heterocycles. The number of carbonyl (C=O) groups excluding carboxylic acids is 3. The molecular weight excluding hydrogens is 539 g/mol. The highest BCUT2D eigenvalue weighted by Gasteiger charge is 2.15. The second kappa shape index (κ2) is 13.7. The van der Waals surface area contributed by atoms with Crippen LogP contribution in [0.3, 0.4) is 0 Å². The second-order valence-electron chi connectivity index (χ2n) is 9.65. The topological polar surface area (TPSA) is 75.3 Å². The highest BCUT2D eigenvalue weighted by Crippen LogP contribution is 2.21. The van der Waals surface area contributed by atoms with Crippen LogP contribution in [0.4, 0.5) is 10.1 Å². The average molecular weight is 567 g/mol. The van der Waals surface area contributed by atoms with E-state index in [1.165, 1.54) is 18.2 Å². The van der Waals surface area contributed by atoms with Gasteiger partial charge in [0.2, 0.25) is 0 Å². The first-order valence-electron chi connectivity index (χ1n) is 13.6. The first kappa shape index (κ1) is 28.6. The second-order valence-corrected chi connectivity index (χ2v) is 9.65. The molecule has 210 valence electrons. The lowest BCUT2D eigenvalue weighted by Gasteiger charge is -2.12. The van der Waals surface area contributed by atoms with Crippen molar-refractivity contribution in [3.05, 3.63) is 173 Å². The minimum absolute atomic E-state index is 0.0590. The Morgan fingerprint density at radius 1 is 0.581 bits per heavy atom. The number of rotatable bonds is 9. The third-order valence-electron chi connectivity index (χ3n) is 6.58. The summed E-state index contributed by atoms with van der Waals surface area (Å²) in [5.41, 5.74) is 4.87. The monoisotopic (exact) mass is 566 g/mol. The lowest BCUT2D eigenvalue weighted by molar-refractivity contribution is -0.113. The molecule has 0 aliphatic carbocycles. The zero-order valence-electron chi connectivity index (χ0n) is 23.0. The van der Waals surface area contributed by atoms with E-state index in [1.54, 1.807) is 72.8 Å². The number of carbonyl (C=O) groups is 3. The van der Waals surface area contributed by atoms with Gasteiger partial charge in [-0.2, -0.15) is 0 Å². The molecule has 0 aliphatic heterocycles. The Morgan fingerprint density at radius 2 is 1.16 bits per heavy atom. The largest absolute Gasteiger partial charge is 0.321 e. The van der Waals surface area contributed by atoms with Crippen LogP contribution in [0.2, 0.25) is 0 Å². The summed E-state index contributed by atoms with van der Waals surface area (Å²) in [5.74, 6) is -1.53. The van der Waals surface area contributed by atoms with Gasteiger partial charge in [0, 0.05) is 16.8 Å². The molecule has 0 aromatic heterocycles. The molecule has 0 bridgehead atoms. The van der Waals surface area contributed by atoms with Gasteiger partial charge in [0.1, 0.15) is 11.5 Å². The summed E-state index contributed by atoms with van der Waals surface area (Å²) in [6.07, 6.45) is 4.63. The Bertz CT molecular complexity index is 1780. The van der Waals surface area contributed by atoms with E-state index in [4.69, 9.17) is 0 Å². The van der Waals surface area contributed by atoms with Gasteiger partial charge in [0.15, 0.2) is 5.78 Å². The van der Waals surface area contributed by atoms with Crippen molar-refractivity contribution in [3.63, 3.8) is 0 Å². The van der Waals surface area contributed by atoms with Crippen molar-refractivity contribution in [1.82, 2.24) is 5.32 Å². The molecule has 43 heavy (non-hydrogen) atoms. The molecule has 5 aromatic rings. The fourth-order valence-electron chi connectivity index (χ4n) is 4.27. The number of ketones is 1. The SMILES string of the molecule is O=C(Nc1ccc(C(=O)/C=C/c2ccc(F)cc2)cc1)/C(=C/c1ccc(-c2ccccc2)cc1)NC(=O)c1ccccc1. The maximum absolute atomic E-state index is 13.4. The normalized spacial score (nSPS) is 11.2. The van der Waals surface area contributed by atoms with Crippen LogP contribution in [-0.2, 0) is 4.79 Å². The van der Waals surface area contributed by atoms with E-state index in [0.717, 1.165) is 16.7 Å². The lowest BCUT2D eigenvalue weighted by atomic mass is 10.0. The molecule has 2 amide bonds. The fraction of sp³-hybridized carbons (Fsp3) is 0. The van der Waals surface area contributed by atoms with Gasteiger partial charge < -0.3 is 10.6 Å². The van der Waals surface area contributed by atoms with Gasteiger partial charge in [-0.3, -0.25) is 14.4 Å². The number of anilines is 1. The third kappa shape index (κ3) is 7.86. The first-order chi connectivity index (χ1) is 20.9. The molecule has 0 saturated carbocycles. The predicted molar refractivity (Wildman–Crippen MR) is 169 cm³/mol. The van der Waals surface area contributed by atoms with Gasteiger partial charge in [0.05, 0.1) is 0 Å². The van der Waals surface area contributed by atoms with Gasteiger partial charge in [0.25, 0.3) is 11.8 Å². The summed E-state index contributed by atoms with van der Waals surface area (Å²) in [6, 6.07) is 38.5. The van der Waals surface area contributed by atoms with Crippen molar-refractivity contribution in [2.75, 3.05) is 5.32 Å². The minimum atomic E-state index is -0.522. The molecule has 0 heterocycles. The van der Waals surface area contributed by atoms with Gasteiger partial charge in [-0.15, -0.1) is 0 Å². The van der Waals surface area contributed by atoms with Gasteiger partial charge in [-0.25, -0.2) is 4.39 Å². The Hall–Kier alpha value is -5.88. The van der Waals surface area contributed by atoms with Crippen LogP contribution in [0.5, 0.6) is 0 Å². The average Bonchev–Trinajstić information content (AvgIpc) is 3.05. The number of hydrogen-bond donors (Lipinski definition) is 2. The van der Waals surface area contributed by atoms with E-state index in [-0.39, 0.29) is 17.3 Å². The molecule has 6 heteroatoms. The van der Waals surface area contributed by atoms with Crippen molar-refractivity contribution in [2.45, 2.75) is 0 Å². The molecule has 0 spiro atoms. The zero-order chi connectivity index (χ0) is 30.0. The van der Waals surface area contributed by atoms with Crippen molar-refractivity contribution >= 4 is 35.4 Å². The number of amides is 2. The van der Waals surface area contributed by atoms with Crippen LogP contribution in [0.1, 0.15) is 31.8 Å². The van der Waals surface area contributed by atoms with Crippen LogP contribution >= 0.6 is 0 Å². The maximum atomic E-state index is 13.4. The van der Waals surface area contributed by atoms with Crippen LogP contribution in [0.15, 0.2) is 145 Å². The summed E-state index contributed by atoms with van der Waals surface area (Å²) in [4.78, 5) is 38.9. The van der Waals surface area contributed by atoms with E-state index in [1.807, 2.05) is 60.7 Å². The number of halogens is 1. The van der Waals surface area contributed by atoms with E-state index in [0.29, 0.717) is 22.4 Å².